The van der Waals surface area contributed by atoms with Gasteiger partial charge in [-0.05, 0) is 37.6 Å². The molecule has 1 amide bonds. The van der Waals surface area contributed by atoms with Crippen molar-refractivity contribution in [3.05, 3.63) is 51.9 Å². The number of nitrogens with one attached hydrogen (secondary N) is 1. The largest absolute Gasteiger partial charge is 0.493 e. The first kappa shape index (κ1) is 23.7. The molecule has 0 aliphatic carbocycles. The normalized spacial score (nSPS) is 14.6. The fourth-order valence-corrected chi connectivity index (χ4v) is 5.49. The lowest BCUT2D eigenvalue weighted by molar-refractivity contribution is -0.116. The lowest BCUT2D eigenvalue weighted by Crippen LogP contribution is -2.41. The van der Waals surface area contributed by atoms with Crippen LogP contribution in [0.4, 0.5) is 5.69 Å². The summed E-state index contributed by atoms with van der Waals surface area (Å²) < 4.78 is 44.0. The quantitative estimate of drug-likeness (QED) is 0.581. The molecule has 0 spiro atoms. The summed E-state index contributed by atoms with van der Waals surface area (Å²) >= 11 is 6.05. The minimum atomic E-state index is -4.07. The van der Waals surface area contributed by atoms with Crippen LogP contribution in [-0.2, 0) is 14.8 Å². The Kier molecular flexibility index (Phi) is 7.20. The molecule has 1 N–H and O–H groups in total. The van der Waals surface area contributed by atoms with Crippen LogP contribution in [0.2, 0.25) is 5.02 Å². The maximum atomic E-state index is 13.3. The van der Waals surface area contributed by atoms with Gasteiger partial charge in [0.2, 0.25) is 0 Å². The second-order valence-electron chi connectivity index (χ2n) is 6.88. The molecule has 0 unspecified atom stereocenters. The van der Waals surface area contributed by atoms with Gasteiger partial charge in [-0.1, -0.05) is 23.7 Å². The number of carbonyl (C=O) groups excluding carboxylic acids is 1. The number of amides is 1. The van der Waals surface area contributed by atoms with Gasteiger partial charge in [0.05, 0.1) is 31.5 Å². The molecule has 1 heterocycles. The summed E-state index contributed by atoms with van der Waals surface area (Å²) in [6, 6.07) is 10.2. The molecule has 1 aliphatic heterocycles. The predicted molar refractivity (Wildman–Crippen MR) is 124 cm³/mol. The fourth-order valence-electron chi connectivity index (χ4n) is 3.53. The Morgan fingerprint density at radius 2 is 1.75 bits per heavy atom. The highest BCUT2D eigenvalue weighted by atomic mass is 35.5. The highest BCUT2D eigenvalue weighted by Gasteiger charge is 2.39. The van der Waals surface area contributed by atoms with Crippen LogP contribution in [-0.4, -0.2) is 48.2 Å². The molecule has 1 aliphatic rings. The summed E-state index contributed by atoms with van der Waals surface area (Å²) in [5, 5.41) is 3.08. The lowest BCUT2D eigenvalue weighted by atomic mass is 10.0. The van der Waals surface area contributed by atoms with Crippen LogP contribution in [0, 0.1) is 0 Å². The molecule has 0 saturated heterocycles. The summed E-state index contributed by atoms with van der Waals surface area (Å²) in [6.07, 6.45) is 0. The van der Waals surface area contributed by atoms with E-state index in [0.717, 1.165) is 0 Å². The van der Waals surface area contributed by atoms with E-state index < -0.39 is 15.9 Å². The van der Waals surface area contributed by atoms with Gasteiger partial charge in [0.1, 0.15) is 12.4 Å². The number of methoxy groups -OCH3 is 2. The first-order valence-electron chi connectivity index (χ1n) is 9.91. The van der Waals surface area contributed by atoms with Crippen LogP contribution in [0.1, 0.15) is 19.4 Å². The topological polar surface area (TPSA) is 94.2 Å². The molecule has 2 aromatic carbocycles. The number of halogens is 1. The number of fused-ring (bicyclic) bond motifs is 1. The van der Waals surface area contributed by atoms with E-state index in [4.69, 9.17) is 25.8 Å². The molecule has 3 rings (SSSR count). The van der Waals surface area contributed by atoms with E-state index in [2.05, 4.69) is 5.32 Å². The average molecular weight is 481 g/mol. The Bertz CT molecular complexity index is 1160. The number of carbonyl (C=O) groups is 1. The maximum Gasteiger partial charge on any atom is 0.270 e. The van der Waals surface area contributed by atoms with Gasteiger partial charge in [-0.2, -0.15) is 0 Å². The van der Waals surface area contributed by atoms with Crippen LogP contribution in [0.5, 0.6) is 17.2 Å². The third-order valence-electron chi connectivity index (χ3n) is 5.04. The van der Waals surface area contributed by atoms with Crippen LogP contribution < -0.4 is 23.8 Å². The monoisotopic (exact) mass is 480 g/mol. The van der Waals surface area contributed by atoms with Gasteiger partial charge in [-0.25, -0.2) is 8.42 Å². The molecule has 0 saturated carbocycles. The number of rotatable bonds is 8. The highest BCUT2D eigenvalue weighted by molar-refractivity contribution is 7.97. The van der Waals surface area contributed by atoms with Gasteiger partial charge in [0.25, 0.3) is 15.9 Å². The number of hydrogen-bond acceptors (Lipinski definition) is 6. The Labute approximate surface area is 192 Å². The number of anilines is 1. The third kappa shape index (κ3) is 4.35. The molecule has 172 valence electrons. The molecule has 10 heteroatoms. The van der Waals surface area contributed by atoms with Crippen LogP contribution >= 0.6 is 11.6 Å². The number of benzene rings is 2. The van der Waals surface area contributed by atoms with Crippen molar-refractivity contribution < 1.29 is 27.4 Å². The number of nitrogens with zero attached hydrogens (tertiary/aromatic N) is 1. The van der Waals surface area contributed by atoms with Crippen molar-refractivity contribution in [1.82, 2.24) is 5.32 Å². The number of ether oxygens (including phenoxy) is 3. The van der Waals surface area contributed by atoms with E-state index in [1.165, 1.54) is 18.5 Å². The molecule has 0 radical (unpaired) electrons. The number of allylic oxidation sites excluding steroid dienone is 1. The molecule has 0 bridgehead atoms. The van der Waals surface area contributed by atoms with Gasteiger partial charge >= 0.3 is 0 Å². The molecule has 32 heavy (non-hydrogen) atoms. The first-order chi connectivity index (χ1) is 15.3. The van der Waals surface area contributed by atoms with Crippen LogP contribution in [0.3, 0.4) is 0 Å². The summed E-state index contributed by atoms with van der Waals surface area (Å²) in [6.45, 7) is 3.67. The summed E-state index contributed by atoms with van der Waals surface area (Å²) in [5.41, 5.74) is 1.34. The Balaban J connectivity index is 1.89. The van der Waals surface area contributed by atoms with E-state index in [1.807, 2.05) is 0 Å². The number of para-hydroxylation sites is 1. The molecule has 0 fully saturated rings. The zero-order chi connectivity index (χ0) is 23.5. The second-order valence-corrected chi connectivity index (χ2v) is 9.09. The molecule has 0 atom stereocenters. The average Bonchev–Trinajstić information content (AvgIpc) is 2.76. The van der Waals surface area contributed by atoms with Gasteiger partial charge in [0, 0.05) is 18.2 Å². The van der Waals surface area contributed by atoms with Crippen LogP contribution in [0.15, 0.2) is 41.3 Å². The number of hydrogen-bond donors (Lipinski definition) is 1. The zero-order valence-corrected chi connectivity index (χ0v) is 19.8. The Morgan fingerprint density at radius 3 is 2.38 bits per heavy atom. The molecular formula is C22H25ClN2O6S. The number of sulfonamides is 1. The van der Waals surface area contributed by atoms with Crippen molar-refractivity contribution >= 4 is 38.8 Å². The molecule has 2 aromatic rings. The standard InChI is InChI=1S/C22H25ClN2O6S/c1-5-25-17-13-20(30-4)19(29-3)12-15(17)14(2)21(32(25,27)28)22(26)24-10-11-31-18-9-7-6-8-16(18)23/h6-9,12-13H,5,10-11H2,1-4H3,(H,24,26). The molecule has 0 aromatic heterocycles. The third-order valence-corrected chi connectivity index (χ3v) is 7.39. The fraction of sp³-hybridized carbons (Fsp3) is 0.318. The van der Waals surface area contributed by atoms with Gasteiger partial charge < -0.3 is 19.5 Å². The van der Waals surface area contributed by atoms with Crippen molar-refractivity contribution in [1.29, 1.82) is 0 Å². The van der Waals surface area contributed by atoms with E-state index in [-0.39, 0.29) is 24.6 Å². The van der Waals surface area contributed by atoms with Crippen molar-refractivity contribution in [3.8, 4) is 17.2 Å². The minimum absolute atomic E-state index is 0.0985. The van der Waals surface area contributed by atoms with Crippen molar-refractivity contribution in [2.75, 3.05) is 38.2 Å². The summed E-state index contributed by atoms with van der Waals surface area (Å²) in [4.78, 5) is 12.6. The maximum absolute atomic E-state index is 13.3. The second kappa shape index (κ2) is 9.70. The van der Waals surface area contributed by atoms with Gasteiger partial charge in [-0.3, -0.25) is 9.10 Å². The lowest BCUT2D eigenvalue weighted by Gasteiger charge is -2.32. The summed E-state index contributed by atoms with van der Waals surface area (Å²) in [7, 11) is -1.10. The first-order valence-corrected chi connectivity index (χ1v) is 11.7. The smallest absolute Gasteiger partial charge is 0.270 e. The predicted octanol–water partition coefficient (Wildman–Crippen LogP) is 3.45. The zero-order valence-electron chi connectivity index (χ0n) is 18.3. The van der Waals surface area contributed by atoms with Crippen molar-refractivity contribution in [3.63, 3.8) is 0 Å². The highest BCUT2D eigenvalue weighted by Crippen LogP contribution is 2.44. The molecular weight excluding hydrogens is 456 g/mol. The van der Waals surface area contributed by atoms with E-state index in [1.54, 1.807) is 50.2 Å². The SMILES string of the molecule is CCN1c2cc(OC)c(OC)cc2C(C)=C(C(=O)NCCOc2ccccc2Cl)S1(=O)=O. The van der Waals surface area contributed by atoms with Crippen molar-refractivity contribution in [2.24, 2.45) is 0 Å². The Morgan fingerprint density at radius 1 is 1.09 bits per heavy atom. The summed E-state index contributed by atoms with van der Waals surface area (Å²) in [5.74, 6) is 0.617. The van der Waals surface area contributed by atoms with E-state index in [0.29, 0.717) is 39.1 Å². The van der Waals surface area contributed by atoms with E-state index >= 15 is 0 Å². The van der Waals surface area contributed by atoms with Gasteiger partial charge in [-0.15, -0.1) is 0 Å². The Hall–Kier alpha value is -2.91. The molecule has 8 nitrogen and oxygen atoms in total. The van der Waals surface area contributed by atoms with Gasteiger partial charge in [0.15, 0.2) is 16.4 Å². The van der Waals surface area contributed by atoms with Crippen molar-refractivity contribution in [2.45, 2.75) is 13.8 Å². The minimum Gasteiger partial charge on any atom is -0.493 e. The van der Waals surface area contributed by atoms with E-state index in [9.17, 15) is 13.2 Å². The van der Waals surface area contributed by atoms with Crippen LogP contribution in [0.25, 0.3) is 5.57 Å².